The van der Waals surface area contributed by atoms with Crippen LogP contribution in [-0.2, 0) is 0 Å². The quantitative estimate of drug-likeness (QED) is 0.483. The molecule has 0 amide bonds. The van der Waals surface area contributed by atoms with Crippen LogP contribution in [0.15, 0.2) is 0 Å². The first-order valence-corrected chi connectivity index (χ1v) is 5.19. The van der Waals surface area contributed by atoms with Gasteiger partial charge in [0.1, 0.15) is 0 Å². The van der Waals surface area contributed by atoms with Gasteiger partial charge in [-0.3, -0.25) is 0 Å². The van der Waals surface area contributed by atoms with E-state index in [0.717, 1.165) is 12.8 Å². The highest BCUT2D eigenvalue weighted by Crippen LogP contribution is 1.95. The van der Waals surface area contributed by atoms with Crippen LogP contribution in [0, 0.1) is 0 Å². The lowest BCUT2D eigenvalue weighted by molar-refractivity contribution is -0.0463. The summed E-state index contributed by atoms with van der Waals surface area (Å²) in [5.41, 5.74) is 0. The van der Waals surface area contributed by atoms with Gasteiger partial charge < -0.3 is 20.4 Å². The van der Waals surface area contributed by atoms with Crippen molar-refractivity contribution < 1.29 is 20.4 Å². The molecule has 88 valence electrons. The van der Waals surface area contributed by atoms with Crippen molar-refractivity contribution in [3.63, 3.8) is 0 Å². The minimum Gasteiger partial charge on any atom is -0.396 e. The van der Waals surface area contributed by atoms with E-state index in [-0.39, 0.29) is 12.7 Å². The van der Waals surface area contributed by atoms with Gasteiger partial charge in [-0.1, -0.05) is 13.3 Å². The van der Waals surface area contributed by atoms with Crippen molar-refractivity contribution in [2.45, 2.75) is 58.3 Å². The summed E-state index contributed by atoms with van der Waals surface area (Å²) < 4.78 is 0. The first-order valence-electron chi connectivity index (χ1n) is 5.19. The van der Waals surface area contributed by atoms with Crippen molar-refractivity contribution in [2.24, 2.45) is 0 Å². The van der Waals surface area contributed by atoms with Crippen molar-refractivity contribution in [1.29, 1.82) is 0 Å². The Hall–Kier alpha value is -0.160. The molecule has 0 aromatic heterocycles. The molecule has 0 saturated carbocycles. The molecule has 0 aliphatic carbocycles. The van der Waals surface area contributed by atoms with Crippen LogP contribution in [-0.4, -0.2) is 39.4 Å². The Kier molecular flexibility index (Phi) is 14.9. The smallest absolute Gasteiger partial charge is 0.151 e. The Balaban J connectivity index is 0. The maximum Gasteiger partial charge on any atom is 0.151 e. The average molecular weight is 208 g/mol. The molecule has 0 radical (unpaired) electrons. The molecule has 0 saturated heterocycles. The zero-order valence-electron chi connectivity index (χ0n) is 9.19. The van der Waals surface area contributed by atoms with Crippen molar-refractivity contribution in [1.82, 2.24) is 0 Å². The summed E-state index contributed by atoms with van der Waals surface area (Å²) in [4.78, 5) is 0. The first-order chi connectivity index (χ1) is 6.54. The number of hydrogen-bond donors (Lipinski definition) is 4. The van der Waals surface area contributed by atoms with Gasteiger partial charge in [0.2, 0.25) is 0 Å². The molecule has 0 aliphatic rings. The Bertz CT molecular complexity index is 82.1. The van der Waals surface area contributed by atoms with E-state index in [2.05, 4.69) is 0 Å². The largest absolute Gasteiger partial charge is 0.396 e. The van der Waals surface area contributed by atoms with E-state index in [1.807, 2.05) is 6.92 Å². The summed E-state index contributed by atoms with van der Waals surface area (Å²) in [5, 5.41) is 33.3. The number of aliphatic hydroxyl groups is 4. The third-order valence-corrected chi connectivity index (χ3v) is 1.60. The summed E-state index contributed by atoms with van der Waals surface area (Å²) in [6.07, 6.45) is 2.49. The van der Waals surface area contributed by atoms with Crippen LogP contribution < -0.4 is 0 Å². The zero-order chi connectivity index (χ0) is 11.4. The second kappa shape index (κ2) is 12.8. The van der Waals surface area contributed by atoms with Crippen LogP contribution >= 0.6 is 0 Å². The molecule has 0 fully saturated rings. The standard InChI is InChI=1S/2C5H12O2/c1-5(7)3-2-4-6;1-2-3-4-5(6)7/h2*5-7H,2-4H2,1H3. The zero-order valence-corrected chi connectivity index (χ0v) is 9.19. The van der Waals surface area contributed by atoms with Gasteiger partial charge in [0.15, 0.2) is 6.29 Å². The SMILES string of the molecule is CC(O)CCCO.CCCCC(O)O. The van der Waals surface area contributed by atoms with Gasteiger partial charge >= 0.3 is 0 Å². The lowest BCUT2D eigenvalue weighted by Crippen LogP contribution is -2.02. The van der Waals surface area contributed by atoms with Crippen molar-refractivity contribution in [2.75, 3.05) is 6.61 Å². The third kappa shape index (κ3) is 22.6. The van der Waals surface area contributed by atoms with Crippen LogP contribution in [0.1, 0.15) is 46.0 Å². The molecule has 4 N–H and O–H groups in total. The van der Waals surface area contributed by atoms with E-state index in [1.54, 1.807) is 6.92 Å². The second-order valence-electron chi connectivity index (χ2n) is 3.34. The summed E-state index contributed by atoms with van der Waals surface area (Å²) in [7, 11) is 0. The van der Waals surface area contributed by atoms with E-state index in [9.17, 15) is 0 Å². The van der Waals surface area contributed by atoms with Gasteiger partial charge in [-0.25, -0.2) is 0 Å². The van der Waals surface area contributed by atoms with Crippen LogP contribution in [0.3, 0.4) is 0 Å². The van der Waals surface area contributed by atoms with Crippen molar-refractivity contribution >= 4 is 0 Å². The summed E-state index contributed by atoms with van der Waals surface area (Å²) in [6.45, 7) is 3.92. The highest BCUT2D eigenvalue weighted by molar-refractivity contribution is 4.43. The molecule has 1 unspecified atom stereocenters. The molecule has 0 aromatic rings. The molecule has 0 spiro atoms. The lowest BCUT2D eigenvalue weighted by atomic mass is 10.2. The molecule has 1 atom stereocenters. The normalized spacial score (nSPS) is 12.2. The minimum absolute atomic E-state index is 0.185. The number of rotatable bonds is 6. The van der Waals surface area contributed by atoms with Crippen molar-refractivity contribution in [3.05, 3.63) is 0 Å². The second-order valence-corrected chi connectivity index (χ2v) is 3.34. The van der Waals surface area contributed by atoms with Crippen LogP contribution in [0.25, 0.3) is 0 Å². The van der Waals surface area contributed by atoms with Crippen LogP contribution in [0.5, 0.6) is 0 Å². The van der Waals surface area contributed by atoms with E-state index in [4.69, 9.17) is 20.4 Å². The van der Waals surface area contributed by atoms with Gasteiger partial charge in [0.25, 0.3) is 0 Å². The van der Waals surface area contributed by atoms with Gasteiger partial charge in [-0.2, -0.15) is 0 Å². The van der Waals surface area contributed by atoms with Gasteiger partial charge in [-0.05, 0) is 32.6 Å². The first kappa shape index (κ1) is 16.3. The highest BCUT2D eigenvalue weighted by Gasteiger charge is 1.92. The highest BCUT2D eigenvalue weighted by atomic mass is 16.5. The van der Waals surface area contributed by atoms with Crippen LogP contribution in [0.4, 0.5) is 0 Å². The molecule has 0 bridgehead atoms. The fourth-order valence-electron chi connectivity index (χ4n) is 0.773. The molecular weight excluding hydrogens is 184 g/mol. The topological polar surface area (TPSA) is 80.9 Å². The number of hydrogen-bond acceptors (Lipinski definition) is 4. The van der Waals surface area contributed by atoms with E-state index >= 15 is 0 Å². The molecule has 0 aliphatic heterocycles. The third-order valence-electron chi connectivity index (χ3n) is 1.60. The minimum atomic E-state index is -1.10. The molecule has 4 heteroatoms. The predicted octanol–water partition coefficient (Wildman–Crippen LogP) is 0.627. The van der Waals surface area contributed by atoms with E-state index in [0.29, 0.717) is 19.3 Å². The lowest BCUT2D eigenvalue weighted by Gasteiger charge is -1.98. The van der Waals surface area contributed by atoms with Gasteiger partial charge in [0.05, 0.1) is 6.10 Å². The maximum absolute atomic E-state index is 8.57. The fourth-order valence-corrected chi connectivity index (χ4v) is 0.773. The predicted molar refractivity (Wildman–Crippen MR) is 55.8 cm³/mol. The van der Waals surface area contributed by atoms with Crippen LogP contribution in [0.2, 0.25) is 0 Å². The van der Waals surface area contributed by atoms with Gasteiger partial charge in [-0.15, -0.1) is 0 Å². The van der Waals surface area contributed by atoms with Gasteiger partial charge in [0, 0.05) is 6.61 Å². The molecule has 0 rings (SSSR count). The molecule has 0 heterocycles. The Morgan fingerprint density at radius 2 is 1.57 bits per heavy atom. The fraction of sp³-hybridized carbons (Fsp3) is 1.00. The Labute approximate surface area is 86.2 Å². The molecule has 4 nitrogen and oxygen atoms in total. The Morgan fingerprint density at radius 1 is 1.00 bits per heavy atom. The maximum atomic E-state index is 8.57. The molecular formula is C10H24O4. The summed E-state index contributed by atoms with van der Waals surface area (Å²) in [6, 6.07) is 0. The number of aliphatic hydroxyl groups excluding tert-OH is 3. The van der Waals surface area contributed by atoms with E-state index < -0.39 is 6.29 Å². The molecule has 0 aromatic carbocycles. The molecule has 14 heavy (non-hydrogen) atoms. The van der Waals surface area contributed by atoms with E-state index in [1.165, 1.54) is 0 Å². The Morgan fingerprint density at radius 3 is 1.71 bits per heavy atom. The summed E-state index contributed by atoms with van der Waals surface area (Å²) in [5.74, 6) is 0. The average Bonchev–Trinajstić information content (AvgIpc) is 2.12. The monoisotopic (exact) mass is 208 g/mol. The summed E-state index contributed by atoms with van der Waals surface area (Å²) >= 11 is 0. The van der Waals surface area contributed by atoms with Crippen molar-refractivity contribution in [3.8, 4) is 0 Å². The number of unbranched alkanes of at least 4 members (excludes halogenated alkanes) is 1.